The van der Waals surface area contributed by atoms with Gasteiger partial charge in [0.05, 0.1) is 4.90 Å². The molecular weight excluding hydrogens is 342 g/mol. The van der Waals surface area contributed by atoms with Crippen LogP contribution in [0.15, 0.2) is 71.6 Å². The zero-order chi connectivity index (χ0) is 18.4. The molecule has 1 saturated heterocycles. The highest BCUT2D eigenvalue weighted by Crippen LogP contribution is 2.25. The molecule has 3 rings (SSSR count). The van der Waals surface area contributed by atoms with E-state index < -0.39 is 10.0 Å². The summed E-state index contributed by atoms with van der Waals surface area (Å²) in [6, 6.07) is 17.6. The lowest BCUT2D eigenvalue weighted by Gasteiger charge is -2.30. The van der Waals surface area contributed by atoms with E-state index in [-0.39, 0.29) is 0 Å². The summed E-state index contributed by atoms with van der Waals surface area (Å²) >= 11 is 0. The lowest BCUT2D eigenvalue weighted by Crippen LogP contribution is -2.38. The molecule has 1 aliphatic rings. The average Bonchev–Trinajstić information content (AvgIpc) is 2.67. The molecule has 0 aromatic heterocycles. The second-order valence-electron chi connectivity index (χ2n) is 7.01. The van der Waals surface area contributed by atoms with E-state index in [2.05, 4.69) is 36.4 Å². The fourth-order valence-corrected chi connectivity index (χ4v) is 4.82. The molecule has 3 nitrogen and oxygen atoms in total. The molecule has 1 fully saturated rings. The van der Waals surface area contributed by atoms with Crippen LogP contribution in [0, 0.1) is 12.8 Å². The summed E-state index contributed by atoms with van der Waals surface area (Å²) in [4.78, 5) is 0.403. The van der Waals surface area contributed by atoms with Gasteiger partial charge in [0.2, 0.25) is 10.0 Å². The molecule has 1 heterocycles. The van der Waals surface area contributed by atoms with Crippen LogP contribution in [0.4, 0.5) is 0 Å². The maximum atomic E-state index is 12.7. The van der Waals surface area contributed by atoms with Crippen LogP contribution < -0.4 is 0 Å². The number of piperidine rings is 1. The van der Waals surface area contributed by atoms with E-state index in [1.807, 2.05) is 25.1 Å². The molecule has 0 aliphatic carbocycles. The largest absolute Gasteiger partial charge is 0.243 e. The number of aryl methyl sites for hydroxylation is 2. The van der Waals surface area contributed by atoms with E-state index in [4.69, 9.17) is 0 Å². The number of sulfonamides is 1. The van der Waals surface area contributed by atoms with Crippen molar-refractivity contribution in [3.05, 3.63) is 77.9 Å². The van der Waals surface area contributed by atoms with Crippen molar-refractivity contribution in [2.24, 2.45) is 5.92 Å². The molecule has 2 aromatic rings. The third-order valence-corrected chi connectivity index (χ3v) is 6.92. The Bertz CT molecular complexity index is 818. The van der Waals surface area contributed by atoms with Crippen LogP contribution in [0.5, 0.6) is 0 Å². The van der Waals surface area contributed by atoms with Gasteiger partial charge in [0, 0.05) is 13.1 Å². The predicted molar refractivity (Wildman–Crippen MR) is 107 cm³/mol. The Morgan fingerprint density at radius 2 is 1.65 bits per heavy atom. The summed E-state index contributed by atoms with van der Waals surface area (Å²) in [5.41, 5.74) is 2.43. The molecule has 0 N–H and O–H groups in total. The lowest BCUT2D eigenvalue weighted by atomic mass is 9.97. The van der Waals surface area contributed by atoms with Gasteiger partial charge >= 0.3 is 0 Å². The molecule has 0 amide bonds. The quantitative estimate of drug-likeness (QED) is 0.699. The minimum absolute atomic E-state index is 0.403. The highest BCUT2D eigenvalue weighted by molar-refractivity contribution is 7.89. The van der Waals surface area contributed by atoms with Gasteiger partial charge in [-0.3, -0.25) is 0 Å². The SMILES string of the molecule is Cc1ccc(S(=O)(=O)N2CCC(/C=C/CCc3ccccc3)CC2)cc1. The Balaban J connectivity index is 1.49. The molecule has 138 valence electrons. The van der Waals surface area contributed by atoms with Crippen molar-refractivity contribution in [1.29, 1.82) is 0 Å². The number of allylic oxidation sites excluding steroid dienone is 2. The first-order valence-corrected chi connectivity index (χ1v) is 10.8. The Kier molecular flexibility index (Phi) is 6.28. The van der Waals surface area contributed by atoms with Gasteiger partial charge in [0.1, 0.15) is 0 Å². The zero-order valence-corrected chi connectivity index (χ0v) is 16.2. The minimum atomic E-state index is -3.35. The fraction of sp³-hybridized carbons (Fsp3) is 0.364. The van der Waals surface area contributed by atoms with Crippen molar-refractivity contribution in [3.8, 4) is 0 Å². The Hall–Kier alpha value is -1.91. The first-order chi connectivity index (χ1) is 12.6. The van der Waals surface area contributed by atoms with E-state index in [1.165, 1.54) is 5.56 Å². The topological polar surface area (TPSA) is 37.4 Å². The highest BCUT2D eigenvalue weighted by Gasteiger charge is 2.28. The Morgan fingerprint density at radius 3 is 2.31 bits per heavy atom. The Morgan fingerprint density at radius 1 is 1.00 bits per heavy atom. The van der Waals surface area contributed by atoms with Crippen molar-refractivity contribution >= 4 is 10.0 Å². The Labute approximate surface area is 157 Å². The van der Waals surface area contributed by atoms with Crippen LogP contribution in [-0.4, -0.2) is 25.8 Å². The van der Waals surface area contributed by atoms with Crippen molar-refractivity contribution < 1.29 is 8.42 Å². The summed E-state index contributed by atoms with van der Waals surface area (Å²) in [6.07, 6.45) is 8.41. The molecular formula is C22H27NO2S. The van der Waals surface area contributed by atoms with Crippen LogP contribution in [-0.2, 0) is 16.4 Å². The molecule has 0 spiro atoms. The predicted octanol–water partition coefficient (Wildman–Crippen LogP) is 4.58. The molecule has 0 radical (unpaired) electrons. The summed E-state index contributed by atoms with van der Waals surface area (Å²) < 4.78 is 27.1. The summed E-state index contributed by atoms with van der Waals surface area (Å²) in [5.74, 6) is 0.482. The van der Waals surface area contributed by atoms with Crippen LogP contribution in [0.25, 0.3) is 0 Å². The molecule has 2 aromatic carbocycles. The highest BCUT2D eigenvalue weighted by atomic mass is 32.2. The first kappa shape index (κ1) is 18.9. The number of rotatable bonds is 6. The van der Waals surface area contributed by atoms with Gasteiger partial charge in [-0.2, -0.15) is 4.31 Å². The minimum Gasteiger partial charge on any atom is -0.207 e. The van der Waals surface area contributed by atoms with Gasteiger partial charge < -0.3 is 0 Å². The molecule has 4 heteroatoms. The van der Waals surface area contributed by atoms with Gasteiger partial charge in [-0.15, -0.1) is 0 Å². The van der Waals surface area contributed by atoms with Gasteiger partial charge in [0.25, 0.3) is 0 Å². The normalized spacial score (nSPS) is 17.0. The first-order valence-electron chi connectivity index (χ1n) is 9.33. The van der Waals surface area contributed by atoms with Gasteiger partial charge in [0.15, 0.2) is 0 Å². The summed E-state index contributed by atoms with van der Waals surface area (Å²) in [5, 5.41) is 0. The third-order valence-electron chi connectivity index (χ3n) is 5.01. The molecule has 0 bridgehead atoms. The molecule has 0 atom stereocenters. The second-order valence-corrected chi connectivity index (χ2v) is 8.94. The van der Waals surface area contributed by atoms with E-state index in [0.29, 0.717) is 23.9 Å². The number of nitrogens with zero attached hydrogens (tertiary/aromatic N) is 1. The summed E-state index contributed by atoms with van der Waals surface area (Å²) in [6.45, 7) is 3.17. The monoisotopic (exact) mass is 369 g/mol. The van der Waals surface area contributed by atoms with Crippen LogP contribution in [0.2, 0.25) is 0 Å². The molecule has 0 unspecified atom stereocenters. The smallest absolute Gasteiger partial charge is 0.207 e. The number of hydrogen-bond acceptors (Lipinski definition) is 2. The van der Waals surface area contributed by atoms with Crippen LogP contribution >= 0.6 is 0 Å². The van der Waals surface area contributed by atoms with E-state index in [9.17, 15) is 8.42 Å². The second kappa shape index (κ2) is 8.65. The van der Waals surface area contributed by atoms with Gasteiger partial charge in [-0.05, 0) is 56.2 Å². The molecule has 1 aliphatic heterocycles. The fourth-order valence-electron chi connectivity index (χ4n) is 3.35. The summed E-state index contributed by atoms with van der Waals surface area (Å²) in [7, 11) is -3.35. The van der Waals surface area contributed by atoms with Crippen molar-refractivity contribution in [1.82, 2.24) is 4.31 Å². The number of hydrogen-bond donors (Lipinski definition) is 0. The van der Waals surface area contributed by atoms with Crippen LogP contribution in [0.1, 0.15) is 30.4 Å². The maximum absolute atomic E-state index is 12.7. The lowest BCUT2D eigenvalue weighted by molar-refractivity contribution is 0.305. The average molecular weight is 370 g/mol. The van der Waals surface area contributed by atoms with Crippen molar-refractivity contribution in [3.63, 3.8) is 0 Å². The van der Waals surface area contributed by atoms with E-state index in [0.717, 1.165) is 31.2 Å². The van der Waals surface area contributed by atoms with Crippen LogP contribution in [0.3, 0.4) is 0 Å². The maximum Gasteiger partial charge on any atom is 0.243 e. The van der Waals surface area contributed by atoms with Crippen molar-refractivity contribution in [2.75, 3.05) is 13.1 Å². The van der Waals surface area contributed by atoms with Crippen molar-refractivity contribution in [2.45, 2.75) is 37.5 Å². The standard InChI is InChI=1S/C22H27NO2S/c1-19-11-13-22(14-12-19)26(24,25)23-17-15-21(16-18-23)10-6-5-9-20-7-3-2-4-8-20/h2-4,6-8,10-14,21H,5,9,15-18H2,1H3/b10-6+. The molecule has 26 heavy (non-hydrogen) atoms. The molecule has 0 saturated carbocycles. The van der Waals surface area contributed by atoms with Gasteiger partial charge in [-0.1, -0.05) is 60.2 Å². The number of benzene rings is 2. The third kappa shape index (κ3) is 4.83. The van der Waals surface area contributed by atoms with E-state index in [1.54, 1.807) is 16.4 Å². The van der Waals surface area contributed by atoms with Gasteiger partial charge in [-0.25, -0.2) is 8.42 Å². The van der Waals surface area contributed by atoms with E-state index >= 15 is 0 Å². The zero-order valence-electron chi connectivity index (χ0n) is 15.3.